The van der Waals surface area contributed by atoms with Crippen LogP contribution < -0.4 is 0 Å². The molecule has 0 aromatic carbocycles. The fourth-order valence-electron chi connectivity index (χ4n) is 0.726. The zero-order chi connectivity index (χ0) is 10.0. The molecule has 13 heavy (non-hydrogen) atoms. The Morgan fingerprint density at radius 3 is 0.538 bits per heavy atom. The predicted molar refractivity (Wildman–Crippen MR) is 22.3 cm³/mol. The lowest BCUT2D eigenvalue weighted by Gasteiger charge is -2.49. The van der Waals surface area contributed by atoms with Gasteiger partial charge in [0.1, 0.15) is 0 Å². The van der Waals surface area contributed by atoms with Crippen molar-refractivity contribution in [2.75, 3.05) is 0 Å². The lowest BCUT2D eigenvalue weighted by atomic mass is 9.80. The SMILES string of the molecule is F.FC1(F)C(F)(F)C(F)(F)C1(F)F. The Morgan fingerprint density at radius 2 is 0.462 bits per heavy atom. The van der Waals surface area contributed by atoms with Gasteiger partial charge in [0.05, 0.1) is 0 Å². The number of hydrogen-bond acceptors (Lipinski definition) is 0. The predicted octanol–water partition coefficient (Wildman–Crippen LogP) is 2.69. The first-order valence-electron chi connectivity index (χ1n) is 2.51. The van der Waals surface area contributed by atoms with E-state index in [4.69, 9.17) is 0 Å². The second-order valence-electron chi connectivity index (χ2n) is 2.30. The highest BCUT2D eigenvalue weighted by Gasteiger charge is 3.01. The van der Waals surface area contributed by atoms with Gasteiger partial charge in [0.2, 0.25) is 0 Å². The maximum absolute atomic E-state index is 11.6. The summed E-state index contributed by atoms with van der Waals surface area (Å²) >= 11 is 0. The topological polar surface area (TPSA) is 0 Å². The van der Waals surface area contributed by atoms with Crippen LogP contribution in [0.1, 0.15) is 0 Å². The number of alkyl halides is 8. The minimum absolute atomic E-state index is 0. The van der Waals surface area contributed by atoms with Gasteiger partial charge in [0.15, 0.2) is 0 Å². The fourth-order valence-corrected chi connectivity index (χ4v) is 0.726. The molecule has 0 aliphatic heterocycles. The first-order valence-corrected chi connectivity index (χ1v) is 2.51. The highest BCUT2D eigenvalue weighted by Crippen LogP contribution is 2.69. The molecule has 1 aliphatic carbocycles. The molecule has 0 nitrogen and oxygen atoms in total. The molecule has 1 saturated carbocycles. The summed E-state index contributed by atoms with van der Waals surface area (Å²) in [6.45, 7) is 0. The van der Waals surface area contributed by atoms with Crippen LogP contribution >= 0.6 is 0 Å². The summed E-state index contributed by atoms with van der Waals surface area (Å²) in [6.07, 6.45) is 0. The lowest BCUT2D eigenvalue weighted by molar-refractivity contribution is -0.506. The van der Waals surface area contributed by atoms with Gasteiger partial charge in [0, 0.05) is 0 Å². The van der Waals surface area contributed by atoms with E-state index in [1.165, 1.54) is 0 Å². The smallest absolute Gasteiger partial charge is 0.269 e. The molecule has 1 rings (SSSR count). The maximum Gasteiger partial charge on any atom is 0.385 e. The van der Waals surface area contributed by atoms with E-state index in [2.05, 4.69) is 0 Å². The van der Waals surface area contributed by atoms with Crippen LogP contribution in [0.2, 0.25) is 0 Å². The number of hydrogen-bond donors (Lipinski definition) is 0. The summed E-state index contributed by atoms with van der Waals surface area (Å²) in [4.78, 5) is 0. The highest BCUT2D eigenvalue weighted by molar-refractivity contribution is 5.22. The third-order valence-corrected chi connectivity index (χ3v) is 1.58. The normalized spacial score (nSPS) is 31.4. The van der Waals surface area contributed by atoms with E-state index in [0.29, 0.717) is 0 Å². The summed E-state index contributed by atoms with van der Waals surface area (Å²) < 4.78 is 92.9. The molecular formula is C4HF9. The van der Waals surface area contributed by atoms with Gasteiger partial charge in [-0.15, -0.1) is 0 Å². The third kappa shape index (κ3) is 0.798. The van der Waals surface area contributed by atoms with Gasteiger partial charge in [-0.25, -0.2) is 0 Å². The van der Waals surface area contributed by atoms with Gasteiger partial charge in [-0.1, -0.05) is 0 Å². The molecule has 0 radical (unpaired) electrons. The molecule has 0 saturated heterocycles. The highest BCUT2D eigenvalue weighted by atomic mass is 19.4. The van der Waals surface area contributed by atoms with E-state index in [9.17, 15) is 35.1 Å². The van der Waals surface area contributed by atoms with Crippen LogP contribution in [0.15, 0.2) is 0 Å². The van der Waals surface area contributed by atoms with Crippen LogP contribution in [0.25, 0.3) is 0 Å². The molecule has 0 unspecified atom stereocenters. The van der Waals surface area contributed by atoms with Gasteiger partial charge in [-0.2, -0.15) is 35.1 Å². The molecule has 80 valence electrons. The van der Waals surface area contributed by atoms with E-state index >= 15 is 0 Å². The molecule has 1 aliphatic rings. The summed E-state index contributed by atoms with van der Waals surface area (Å²) in [5, 5.41) is 0. The third-order valence-electron chi connectivity index (χ3n) is 1.58. The second-order valence-corrected chi connectivity index (χ2v) is 2.30. The van der Waals surface area contributed by atoms with Gasteiger partial charge < -0.3 is 0 Å². The minimum atomic E-state index is -5.97. The van der Waals surface area contributed by atoms with E-state index in [1.807, 2.05) is 0 Å². The Bertz CT molecular complexity index is 152. The second kappa shape index (κ2) is 2.24. The fraction of sp³-hybridized carbons (Fsp3) is 1.00. The quantitative estimate of drug-likeness (QED) is 0.550. The maximum atomic E-state index is 11.6. The first-order chi connectivity index (χ1) is 5.00. The van der Waals surface area contributed by atoms with E-state index in [0.717, 1.165) is 0 Å². The van der Waals surface area contributed by atoms with Crippen molar-refractivity contribution in [3.8, 4) is 0 Å². The van der Waals surface area contributed by atoms with Gasteiger partial charge in [-0.3, -0.25) is 4.70 Å². The molecule has 0 aromatic heterocycles. The molecule has 0 atom stereocenters. The van der Waals surface area contributed by atoms with Gasteiger partial charge >= 0.3 is 23.7 Å². The van der Waals surface area contributed by atoms with E-state index in [-0.39, 0.29) is 4.70 Å². The summed E-state index contributed by atoms with van der Waals surface area (Å²) in [7, 11) is 0. The van der Waals surface area contributed by atoms with Crippen molar-refractivity contribution < 1.29 is 39.8 Å². The van der Waals surface area contributed by atoms with Crippen molar-refractivity contribution in [1.82, 2.24) is 0 Å². The molecule has 0 aromatic rings. The standard InChI is InChI=1S/C4F8.FH/c5-1(6)2(7,8)4(11,12)3(1,9)10;/h;1H. The van der Waals surface area contributed by atoms with E-state index < -0.39 is 23.7 Å². The average molecular weight is 220 g/mol. The van der Waals surface area contributed by atoms with Crippen molar-refractivity contribution in [1.29, 1.82) is 0 Å². The van der Waals surface area contributed by atoms with Crippen LogP contribution in [0.4, 0.5) is 39.8 Å². The number of halogens is 9. The Hall–Kier alpha value is -0.630. The lowest BCUT2D eigenvalue weighted by Crippen LogP contribution is -2.82. The zero-order valence-corrected chi connectivity index (χ0v) is 5.43. The van der Waals surface area contributed by atoms with Crippen molar-refractivity contribution in [3.05, 3.63) is 0 Å². The van der Waals surface area contributed by atoms with Crippen LogP contribution in [0, 0.1) is 0 Å². The van der Waals surface area contributed by atoms with Crippen molar-refractivity contribution in [3.63, 3.8) is 0 Å². The Kier molecular flexibility index (Phi) is 2.13. The molecule has 0 heterocycles. The summed E-state index contributed by atoms with van der Waals surface area (Å²) in [5.41, 5.74) is 0. The largest absolute Gasteiger partial charge is 0.385 e. The molecule has 1 fully saturated rings. The van der Waals surface area contributed by atoms with Crippen LogP contribution in [-0.4, -0.2) is 23.7 Å². The van der Waals surface area contributed by atoms with Gasteiger partial charge in [0.25, 0.3) is 0 Å². The summed E-state index contributed by atoms with van der Waals surface area (Å²) in [5.74, 6) is -23.9. The molecule has 0 amide bonds. The molecule has 0 bridgehead atoms. The van der Waals surface area contributed by atoms with Gasteiger partial charge in [-0.05, 0) is 0 Å². The first kappa shape index (κ1) is 12.4. The Labute approximate surface area is 64.9 Å². The molecular weight excluding hydrogens is 219 g/mol. The van der Waals surface area contributed by atoms with Crippen molar-refractivity contribution in [2.24, 2.45) is 0 Å². The molecule has 0 N–H and O–H groups in total. The summed E-state index contributed by atoms with van der Waals surface area (Å²) in [6, 6.07) is 0. The Balaban J connectivity index is 0.00000144. The van der Waals surface area contributed by atoms with Crippen LogP contribution in [-0.2, 0) is 0 Å². The zero-order valence-electron chi connectivity index (χ0n) is 5.43. The van der Waals surface area contributed by atoms with Crippen LogP contribution in [0.5, 0.6) is 0 Å². The van der Waals surface area contributed by atoms with Crippen molar-refractivity contribution in [2.45, 2.75) is 23.7 Å². The minimum Gasteiger partial charge on any atom is -0.269 e. The average Bonchev–Trinajstić information content (AvgIpc) is 1.84. The molecule has 0 spiro atoms. The Morgan fingerprint density at radius 1 is 0.385 bits per heavy atom. The number of rotatable bonds is 0. The van der Waals surface area contributed by atoms with Crippen molar-refractivity contribution >= 4 is 0 Å². The van der Waals surface area contributed by atoms with E-state index in [1.54, 1.807) is 0 Å². The molecule has 9 heteroatoms. The monoisotopic (exact) mass is 220 g/mol. The van der Waals surface area contributed by atoms with Crippen LogP contribution in [0.3, 0.4) is 0 Å².